The van der Waals surface area contributed by atoms with E-state index in [1.807, 2.05) is 29.3 Å². The number of nitrogens with one attached hydrogen (secondary N) is 1. The van der Waals surface area contributed by atoms with Gasteiger partial charge < -0.3 is 4.90 Å². The Labute approximate surface area is 185 Å². The first-order chi connectivity index (χ1) is 15.1. The highest BCUT2D eigenvalue weighted by Gasteiger charge is 2.20. The van der Waals surface area contributed by atoms with Crippen molar-refractivity contribution in [3.63, 3.8) is 0 Å². The lowest BCUT2D eigenvalue weighted by Gasteiger charge is -2.27. The van der Waals surface area contributed by atoms with Gasteiger partial charge in [0.25, 0.3) is 0 Å². The Morgan fingerprint density at radius 1 is 1.23 bits per heavy atom. The number of carbonyl (C=O) groups excluding carboxylic acids is 1. The van der Waals surface area contributed by atoms with Crippen LogP contribution in [0.25, 0.3) is 21.3 Å². The first-order valence-electron chi connectivity index (χ1n) is 10.7. The van der Waals surface area contributed by atoms with Crippen molar-refractivity contribution in [2.45, 2.75) is 32.9 Å². The van der Waals surface area contributed by atoms with Gasteiger partial charge in [-0.25, -0.2) is 19.3 Å². The van der Waals surface area contributed by atoms with Crippen LogP contribution in [0.3, 0.4) is 0 Å². The van der Waals surface area contributed by atoms with Gasteiger partial charge in [-0.2, -0.15) is 0 Å². The fraction of sp³-hybridized carbons (Fsp3) is 0.455. The van der Waals surface area contributed by atoms with Gasteiger partial charge in [-0.15, -0.1) is 0 Å². The molecular formula is C22H27FN6OS. The van der Waals surface area contributed by atoms with Crippen molar-refractivity contribution in [2.75, 3.05) is 42.9 Å². The molecule has 9 heteroatoms. The smallest absolute Gasteiger partial charge is 0.240 e. The second kappa shape index (κ2) is 9.65. The van der Waals surface area contributed by atoms with Gasteiger partial charge in [0.05, 0.1) is 16.9 Å². The number of fused-ring (bicyclic) bond motifs is 1. The van der Waals surface area contributed by atoms with Crippen LogP contribution in [0.1, 0.15) is 26.7 Å². The molecule has 3 heterocycles. The van der Waals surface area contributed by atoms with E-state index in [2.05, 4.69) is 39.0 Å². The van der Waals surface area contributed by atoms with Gasteiger partial charge in [-0.3, -0.25) is 15.0 Å². The lowest BCUT2D eigenvalue weighted by molar-refractivity contribution is -0.117. The van der Waals surface area contributed by atoms with Gasteiger partial charge >= 0.3 is 0 Å². The summed E-state index contributed by atoms with van der Waals surface area (Å²) in [6, 6.07) is 6.02. The molecule has 1 fully saturated rings. The van der Waals surface area contributed by atoms with Crippen LogP contribution in [0, 0.1) is 0 Å². The maximum Gasteiger partial charge on any atom is 0.240 e. The number of likely N-dealkylation sites (tertiary alicyclic amines) is 1. The molecule has 0 aliphatic carbocycles. The molecule has 1 saturated heterocycles. The van der Waals surface area contributed by atoms with Crippen molar-refractivity contribution >= 4 is 39.2 Å². The molecule has 1 N–H and O–H groups in total. The zero-order chi connectivity index (χ0) is 21.8. The third-order valence-electron chi connectivity index (χ3n) is 5.53. The second-order valence-electron chi connectivity index (χ2n) is 7.65. The molecule has 0 spiro atoms. The summed E-state index contributed by atoms with van der Waals surface area (Å²) in [5.74, 6) is 0.0993. The first-order valence-corrected chi connectivity index (χ1v) is 11.5. The molecule has 1 aromatic carbocycles. The quantitative estimate of drug-likeness (QED) is 0.597. The van der Waals surface area contributed by atoms with E-state index in [0.717, 1.165) is 39.6 Å². The Bertz CT molecular complexity index is 1050. The Kier molecular flexibility index (Phi) is 6.72. The Hall–Kier alpha value is -2.65. The summed E-state index contributed by atoms with van der Waals surface area (Å²) in [7, 11) is 0. The van der Waals surface area contributed by atoms with Crippen molar-refractivity contribution in [3.05, 3.63) is 30.6 Å². The maximum atomic E-state index is 13.3. The zero-order valence-electron chi connectivity index (χ0n) is 17.8. The monoisotopic (exact) mass is 442 g/mol. The molecule has 1 aliphatic rings. The Morgan fingerprint density at radius 3 is 2.74 bits per heavy atom. The van der Waals surface area contributed by atoms with E-state index in [-0.39, 0.29) is 18.4 Å². The average Bonchev–Trinajstić information content (AvgIpc) is 3.26. The molecule has 2 aromatic heterocycles. The fourth-order valence-corrected chi connectivity index (χ4v) is 4.74. The number of alkyl halides is 1. The number of thiazole rings is 1. The van der Waals surface area contributed by atoms with Crippen molar-refractivity contribution in [3.8, 4) is 10.4 Å². The molecule has 31 heavy (non-hydrogen) atoms. The Morgan fingerprint density at radius 2 is 2.00 bits per heavy atom. The summed E-state index contributed by atoms with van der Waals surface area (Å²) < 4.78 is 13.3. The third-order valence-corrected chi connectivity index (χ3v) is 6.64. The average molecular weight is 443 g/mol. The molecule has 1 amide bonds. The fourth-order valence-electron chi connectivity index (χ4n) is 3.70. The molecule has 0 unspecified atom stereocenters. The van der Waals surface area contributed by atoms with E-state index in [9.17, 15) is 9.18 Å². The summed E-state index contributed by atoms with van der Waals surface area (Å²) in [4.78, 5) is 31.0. The summed E-state index contributed by atoms with van der Waals surface area (Å²) in [6.07, 6.45) is 3.82. The predicted octanol–water partition coefficient (Wildman–Crippen LogP) is 3.97. The van der Waals surface area contributed by atoms with E-state index in [1.165, 1.54) is 0 Å². The van der Waals surface area contributed by atoms with Crippen molar-refractivity contribution in [1.82, 2.24) is 19.9 Å². The van der Waals surface area contributed by atoms with Crippen LogP contribution in [0.15, 0.2) is 30.6 Å². The number of benzene rings is 1. The zero-order valence-corrected chi connectivity index (χ0v) is 18.7. The highest BCUT2D eigenvalue weighted by atomic mass is 32.1. The van der Waals surface area contributed by atoms with E-state index in [0.29, 0.717) is 25.9 Å². The number of hydrogen-bond acceptors (Lipinski definition) is 7. The lowest BCUT2D eigenvalue weighted by atomic mass is 10.1. The van der Waals surface area contributed by atoms with E-state index < -0.39 is 6.17 Å². The van der Waals surface area contributed by atoms with Crippen LogP contribution >= 0.6 is 11.3 Å². The molecule has 0 saturated carbocycles. The molecule has 0 radical (unpaired) electrons. The molecule has 0 atom stereocenters. The minimum absolute atomic E-state index is 0.181. The van der Waals surface area contributed by atoms with E-state index in [4.69, 9.17) is 0 Å². The van der Waals surface area contributed by atoms with Crippen molar-refractivity contribution in [2.24, 2.45) is 0 Å². The number of halogens is 1. The van der Waals surface area contributed by atoms with Crippen molar-refractivity contribution < 1.29 is 9.18 Å². The number of anilines is 2. The topological polar surface area (TPSA) is 74.2 Å². The van der Waals surface area contributed by atoms with Crippen LogP contribution in [0.5, 0.6) is 0 Å². The van der Waals surface area contributed by atoms with Gasteiger partial charge in [-0.1, -0.05) is 23.5 Å². The lowest BCUT2D eigenvalue weighted by Crippen LogP contribution is -2.39. The van der Waals surface area contributed by atoms with Gasteiger partial charge in [-0.05, 0) is 38.3 Å². The van der Waals surface area contributed by atoms with Crippen LogP contribution in [-0.4, -0.2) is 64.7 Å². The van der Waals surface area contributed by atoms with E-state index in [1.54, 1.807) is 17.5 Å². The largest absolute Gasteiger partial charge is 0.349 e. The number of rotatable bonds is 7. The number of nitrogens with zero attached hydrogens (tertiary/aromatic N) is 5. The SMILES string of the molecule is CCN(CC)c1ncc(-c2ccc3cnc(NC(=O)CN4CCC(F)CC4)nc3c2)s1. The number of carbonyl (C=O) groups is 1. The standard InChI is InChI=1S/C22H27FN6OS/c1-3-29(4-2)22-25-13-19(31-22)15-5-6-16-12-24-21(26-18(16)11-15)27-20(30)14-28-9-7-17(23)8-10-28/h5-6,11-13,17H,3-4,7-10,14H2,1-2H3,(H,24,26,27,30). The highest BCUT2D eigenvalue weighted by molar-refractivity contribution is 7.18. The summed E-state index contributed by atoms with van der Waals surface area (Å²) >= 11 is 1.66. The first kappa shape index (κ1) is 21.6. The molecular weight excluding hydrogens is 415 g/mol. The van der Waals surface area contributed by atoms with Crippen molar-refractivity contribution in [1.29, 1.82) is 0 Å². The number of hydrogen-bond donors (Lipinski definition) is 1. The van der Waals surface area contributed by atoms with Gasteiger partial charge in [0.1, 0.15) is 6.17 Å². The normalized spacial score (nSPS) is 15.3. The molecule has 1 aliphatic heterocycles. The van der Waals surface area contributed by atoms with Gasteiger partial charge in [0.15, 0.2) is 5.13 Å². The minimum atomic E-state index is -0.751. The van der Waals surface area contributed by atoms with Crippen LogP contribution in [0.2, 0.25) is 0 Å². The van der Waals surface area contributed by atoms with Gasteiger partial charge in [0.2, 0.25) is 11.9 Å². The van der Waals surface area contributed by atoms with Gasteiger partial charge in [0, 0.05) is 44.0 Å². The Balaban J connectivity index is 1.48. The maximum absolute atomic E-state index is 13.3. The third kappa shape index (κ3) is 5.16. The van der Waals surface area contributed by atoms with Crippen LogP contribution in [-0.2, 0) is 4.79 Å². The predicted molar refractivity (Wildman–Crippen MR) is 123 cm³/mol. The summed E-state index contributed by atoms with van der Waals surface area (Å²) in [5.41, 5.74) is 1.80. The number of piperidine rings is 1. The number of aromatic nitrogens is 3. The molecule has 3 aromatic rings. The molecule has 4 rings (SSSR count). The molecule has 0 bridgehead atoms. The molecule has 164 valence electrons. The summed E-state index contributed by atoms with van der Waals surface area (Å²) in [6.45, 7) is 7.50. The van der Waals surface area contributed by atoms with Crippen LogP contribution < -0.4 is 10.2 Å². The number of amides is 1. The van der Waals surface area contributed by atoms with E-state index >= 15 is 0 Å². The minimum Gasteiger partial charge on any atom is -0.349 e. The van der Waals surface area contributed by atoms with Crippen LogP contribution in [0.4, 0.5) is 15.5 Å². The summed E-state index contributed by atoms with van der Waals surface area (Å²) in [5, 5.41) is 4.68. The second-order valence-corrected chi connectivity index (χ2v) is 8.65. The highest BCUT2D eigenvalue weighted by Crippen LogP contribution is 2.32. The molecule has 7 nitrogen and oxygen atoms in total.